The summed E-state index contributed by atoms with van der Waals surface area (Å²) in [4.78, 5) is 11.8. The van der Waals surface area contributed by atoms with Crippen LogP contribution < -0.4 is 10.6 Å². The first kappa shape index (κ1) is 12.8. The predicted molar refractivity (Wildman–Crippen MR) is 66.8 cm³/mol. The average Bonchev–Trinajstić information content (AvgIpc) is 2.39. The van der Waals surface area contributed by atoms with E-state index in [1.807, 2.05) is 0 Å². The second kappa shape index (κ2) is 6.97. The summed E-state index contributed by atoms with van der Waals surface area (Å²) < 4.78 is 5.31. The lowest BCUT2D eigenvalue weighted by atomic mass is 9.99. The summed E-state index contributed by atoms with van der Waals surface area (Å²) in [5.74, 6) is 0.822. The zero-order valence-corrected chi connectivity index (χ0v) is 10.5. The van der Waals surface area contributed by atoms with Gasteiger partial charge in [-0.1, -0.05) is 6.42 Å². The molecule has 0 radical (unpaired) electrons. The van der Waals surface area contributed by atoms with E-state index in [2.05, 4.69) is 10.6 Å². The predicted octanol–water partition coefficient (Wildman–Crippen LogP) is 1.06. The molecule has 0 spiro atoms. The Bertz CT molecular complexity index is 234. The summed E-state index contributed by atoms with van der Waals surface area (Å²) in [6, 6.07) is 0.401. The highest BCUT2D eigenvalue weighted by molar-refractivity contribution is 5.76. The maximum atomic E-state index is 11.8. The molecule has 0 aromatic rings. The van der Waals surface area contributed by atoms with Crippen LogP contribution in [0.5, 0.6) is 0 Å². The van der Waals surface area contributed by atoms with E-state index in [1.165, 1.54) is 12.8 Å². The quantitative estimate of drug-likeness (QED) is 0.772. The number of carbonyl (C=O) groups is 1. The molecule has 17 heavy (non-hydrogen) atoms. The first-order valence-corrected chi connectivity index (χ1v) is 6.92. The summed E-state index contributed by atoms with van der Waals surface area (Å²) in [6.07, 6.45) is 6.46. The maximum Gasteiger partial charge on any atom is 0.221 e. The molecule has 1 amide bonds. The number of carbonyl (C=O) groups excluding carboxylic acids is 1. The summed E-state index contributed by atoms with van der Waals surface area (Å²) in [5.41, 5.74) is 0. The number of rotatable bonds is 4. The van der Waals surface area contributed by atoms with Crippen molar-refractivity contribution in [2.24, 2.45) is 5.92 Å². The van der Waals surface area contributed by atoms with Crippen LogP contribution in [0.15, 0.2) is 0 Å². The second-order valence-corrected chi connectivity index (χ2v) is 5.21. The molecule has 2 fully saturated rings. The number of hydrogen-bond donors (Lipinski definition) is 2. The van der Waals surface area contributed by atoms with Crippen LogP contribution in [-0.4, -0.2) is 38.3 Å². The van der Waals surface area contributed by atoms with Crippen LogP contribution in [0.4, 0.5) is 0 Å². The van der Waals surface area contributed by atoms with Gasteiger partial charge in [-0.25, -0.2) is 0 Å². The van der Waals surface area contributed by atoms with Gasteiger partial charge in [-0.15, -0.1) is 0 Å². The Morgan fingerprint density at radius 1 is 1.24 bits per heavy atom. The molecule has 1 unspecified atom stereocenters. The molecule has 98 valence electrons. The maximum absolute atomic E-state index is 11.8. The van der Waals surface area contributed by atoms with Gasteiger partial charge in [0.1, 0.15) is 0 Å². The second-order valence-electron chi connectivity index (χ2n) is 5.21. The van der Waals surface area contributed by atoms with Gasteiger partial charge < -0.3 is 15.4 Å². The summed E-state index contributed by atoms with van der Waals surface area (Å²) in [6.45, 7) is 3.60. The topological polar surface area (TPSA) is 50.4 Å². The smallest absolute Gasteiger partial charge is 0.221 e. The molecule has 1 atom stereocenters. The zero-order valence-electron chi connectivity index (χ0n) is 10.5. The average molecular weight is 240 g/mol. The fourth-order valence-electron chi connectivity index (χ4n) is 2.60. The Kier molecular flexibility index (Phi) is 5.26. The van der Waals surface area contributed by atoms with Gasteiger partial charge in [-0.3, -0.25) is 4.79 Å². The van der Waals surface area contributed by atoms with E-state index in [1.54, 1.807) is 0 Å². The number of ether oxygens (including phenoxy) is 1. The van der Waals surface area contributed by atoms with Crippen molar-refractivity contribution < 1.29 is 9.53 Å². The highest BCUT2D eigenvalue weighted by Gasteiger charge is 2.18. The standard InChI is InChI=1S/C13H24N2O2/c16-13(9-12-3-1-2-6-14-12)15-10-11-4-7-17-8-5-11/h11-12,14H,1-10H2,(H,15,16). The Morgan fingerprint density at radius 2 is 2.06 bits per heavy atom. The normalized spacial score (nSPS) is 26.7. The van der Waals surface area contributed by atoms with Crippen LogP contribution in [-0.2, 0) is 9.53 Å². The third-order valence-corrected chi connectivity index (χ3v) is 3.77. The molecular weight excluding hydrogens is 216 g/mol. The largest absolute Gasteiger partial charge is 0.381 e. The molecule has 0 aromatic heterocycles. The van der Waals surface area contributed by atoms with Gasteiger partial charge in [0.15, 0.2) is 0 Å². The van der Waals surface area contributed by atoms with Crippen LogP contribution in [0.2, 0.25) is 0 Å². The molecule has 0 saturated carbocycles. The van der Waals surface area contributed by atoms with Crippen LogP contribution in [0.1, 0.15) is 38.5 Å². The lowest BCUT2D eigenvalue weighted by molar-refractivity contribution is -0.122. The fraction of sp³-hybridized carbons (Fsp3) is 0.923. The van der Waals surface area contributed by atoms with Crippen molar-refractivity contribution in [3.63, 3.8) is 0 Å². The van der Waals surface area contributed by atoms with Gasteiger partial charge in [0.25, 0.3) is 0 Å². The Hall–Kier alpha value is -0.610. The lowest BCUT2D eigenvalue weighted by Gasteiger charge is -2.24. The highest BCUT2D eigenvalue weighted by Crippen LogP contribution is 2.14. The van der Waals surface area contributed by atoms with E-state index in [0.29, 0.717) is 18.4 Å². The summed E-state index contributed by atoms with van der Waals surface area (Å²) in [5, 5.41) is 6.47. The molecule has 0 aromatic carbocycles. The van der Waals surface area contributed by atoms with Crippen LogP contribution in [0, 0.1) is 5.92 Å². The van der Waals surface area contributed by atoms with Crippen LogP contribution >= 0.6 is 0 Å². The van der Waals surface area contributed by atoms with Crippen LogP contribution in [0.25, 0.3) is 0 Å². The number of nitrogens with one attached hydrogen (secondary N) is 2. The molecule has 2 heterocycles. The van der Waals surface area contributed by atoms with Crippen molar-refractivity contribution >= 4 is 5.91 Å². The molecule has 2 rings (SSSR count). The van der Waals surface area contributed by atoms with E-state index >= 15 is 0 Å². The van der Waals surface area contributed by atoms with Crippen molar-refractivity contribution in [3.8, 4) is 0 Å². The van der Waals surface area contributed by atoms with Crippen molar-refractivity contribution in [1.29, 1.82) is 0 Å². The molecule has 4 heteroatoms. The SMILES string of the molecule is O=C(CC1CCCCN1)NCC1CCOCC1. The Labute approximate surface area is 103 Å². The third-order valence-electron chi connectivity index (χ3n) is 3.77. The number of piperidine rings is 1. The molecule has 2 aliphatic rings. The molecule has 2 saturated heterocycles. The van der Waals surface area contributed by atoms with E-state index in [-0.39, 0.29) is 5.91 Å². The summed E-state index contributed by atoms with van der Waals surface area (Å²) in [7, 11) is 0. The molecule has 0 bridgehead atoms. The molecule has 0 aliphatic carbocycles. The monoisotopic (exact) mass is 240 g/mol. The lowest BCUT2D eigenvalue weighted by Crippen LogP contribution is -2.40. The molecule has 4 nitrogen and oxygen atoms in total. The third kappa shape index (κ3) is 4.64. The Balaban J connectivity index is 1.59. The molecule has 2 N–H and O–H groups in total. The van der Waals surface area contributed by atoms with E-state index < -0.39 is 0 Å². The van der Waals surface area contributed by atoms with Gasteiger partial charge >= 0.3 is 0 Å². The zero-order chi connectivity index (χ0) is 11.9. The van der Waals surface area contributed by atoms with E-state index in [9.17, 15) is 4.79 Å². The minimum atomic E-state index is 0.205. The van der Waals surface area contributed by atoms with Crippen molar-refractivity contribution in [2.75, 3.05) is 26.3 Å². The molecular formula is C13H24N2O2. The van der Waals surface area contributed by atoms with Gasteiger partial charge in [-0.2, -0.15) is 0 Å². The van der Waals surface area contributed by atoms with Crippen molar-refractivity contribution in [2.45, 2.75) is 44.6 Å². The van der Waals surface area contributed by atoms with Gasteiger partial charge in [0.2, 0.25) is 5.91 Å². The van der Waals surface area contributed by atoms with E-state index in [4.69, 9.17) is 4.74 Å². The minimum absolute atomic E-state index is 0.205. The van der Waals surface area contributed by atoms with Crippen LogP contribution in [0.3, 0.4) is 0 Å². The number of amides is 1. The summed E-state index contributed by atoms with van der Waals surface area (Å²) >= 11 is 0. The van der Waals surface area contributed by atoms with Gasteiger partial charge in [0.05, 0.1) is 0 Å². The van der Waals surface area contributed by atoms with E-state index in [0.717, 1.165) is 45.6 Å². The van der Waals surface area contributed by atoms with Crippen molar-refractivity contribution in [3.05, 3.63) is 0 Å². The minimum Gasteiger partial charge on any atom is -0.381 e. The highest BCUT2D eigenvalue weighted by atomic mass is 16.5. The van der Waals surface area contributed by atoms with Gasteiger partial charge in [-0.05, 0) is 38.1 Å². The van der Waals surface area contributed by atoms with Gasteiger partial charge in [0, 0.05) is 32.2 Å². The van der Waals surface area contributed by atoms with Crippen molar-refractivity contribution in [1.82, 2.24) is 10.6 Å². The fourth-order valence-corrected chi connectivity index (χ4v) is 2.60. The molecule has 2 aliphatic heterocycles. The number of hydrogen-bond acceptors (Lipinski definition) is 3. The first-order valence-electron chi connectivity index (χ1n) is 6.92. The first-order chi connectivity index (χ1) is 8.34. The Morgan fingerprint density at radius 3 is 2.76 bits per heavy atom.